The number of piperidine rings is 1. The van der Waals surface area contributed by atoms with Crippen LogP contribution in [0.15, 0.2) is 18.2 Å². The van der Waals surface area contributed by atoms with Crippen molar-refractivity contribution in [1.82, 2.24) is 0 Å². The number of ether oxygens (including phenoxy) is 1. The highest BCUT2D eigenvalue weighted by molar-refractivity contribution is 5.62. The molecule has 106 valence electrons. The number of nitrogens with two attached hydrogens (primary N) is 1. The summed E-state index contributed by atoms with van der Waals surface area (Å²) >= 11 is 0. The van der Waals surface area contributed by atoms with Gasteiger partial charge in [0.15, 0.2) is 0 Å². The van der Waals surface area contributed by atoms with Crippen LogP contribution in [0, 0.1) is 0 Å². The number of nitrogen functional groups attached to an aromatic ring is 1. The first-order valence-corrected chi connectivity index (χ1v) is 6.91. The number of anilines is 2. The molecule has 19 heavy (non-hydrogen) atoms. The molecule has 0 bridgehead atoms. The molecule has 0 aromatic heterocycles. The van der Waals surface area contributed by atoms with Crippen molar-refractivity contribution in [3.05, 3.63) is 18.2 Å². The van der Waals surface area contributed by atoms with E-state index in [0.717, 1.165) is 37.4 Å². The van der Waals surface area contributed by atoms with Crippen molar-refractivity contribution in [2.24, 2.45) is 0 Å². The van der Waals surface area contributed by atoms with Gasteiger partial charge in [-0.05, 0) is 45.7 Å². The molecule has 4 nitrogen and oxygen atoms in total. The summed E-state index contributed by atoms with van der Waals surface area (Å²) in [6.07, 6.45) is 1.69. The molecule has 1 aliphatic heterocycles. The van der Waals surface area contributed by atoms with Crippen LogP contribution < -0.4 is 15.4 Å². The zero-order valence-corrected chi connectivity index (χ0v) is 12.0. The Morgan fingerprint density at radius 1 is 1.32 bits per heavy atom. The van der Waals surface area contributed by atoms with Crippen LogP contribution in [0.4, 0.5) is 11.4 Å². The molecule has 1 saturated heterocycles. The highest BCUT2D eigenvalue weighted by atomic mass is 16.5. The topological polar surface area (TPSA) is 58.7 Å². The molecule has 1 aromatic carbocycles. The van der Waals surface area contributed by atoms with E-state index in [0.29, 0.717) is 5.69 Å². The Balaban J connectivity index is 2.13. The zero-order valence-electron chi connectivity index (χ0n) is 12.0. The largest absolute Gasteiger partial charge is 0.489 e. The molecule has 1 aliphatic rings. The number of nitrogens with zero attached hydrogens (tertiary/aromatic N) is 1. The second kappa shape index (κ2) is 5.29. The van der Waals surface area contributed by atoms with Gasteiger partial charge in [-0.3, -0.25) is 0 Å². The Morgan fingerprint density at radius 3 is 2.53 bits per heavy atom. The number of hydrogen-bond donors (Lipinski definition) is 2. The van der Waals surface area contributed by atoms with Crippen molar-refractivity contribution in [3.8, 4) is 5.75 Å². The van der Waals surface area contributed by atoms with Crippen LogP contribution in [-0.4, -0.2) is 29.9 Å². The van der Waals surface area contributed by atoms with Gasteiger partial charge >= 0.3 is 0 Å². The molecule has 1 heterocycles. The van der Waals surface area contributed by atoms with Crippen LogP contribution in [0.1, 0.15) is 33.6 Å². The third kappa shape index (κ3) is 3.53. The Bertz CT molecular complexity index is 434. The van der Waals surface area contributed by atoms with Gasteiger partial charge in [0.25, 0.3) is 0 Å². The second-order valence-electron chi connectivity index (χ2n) is 5.87. The van der Waals surface area contributed by atoms with E-state index in [1.165, 1.54) is 0 Å². The summed E-state index contributed by atoms with van der Waals surface area (Å²) < 4.78 is 5.72. The van der Waals surface area contributed by atoms with Crippen molar-refractivity contribution < 1.29 is 9.84 Å². The Kier molecular flexibility index (Phi) is 3.90. The van der Waals surface area contributed by atoms with E-state index in [1.54, 1.807) is 0 Å². The SMILES string of the molecule is CC(C)Oc1cc(N2CCC(C)(O)CC2)ccc1N. The van der Waals surface area contributed by atoms with Crippen LogP contribution in [0.3, 0.4) is 0 Å². The van der Waals surface area contributed by atoms with Crippen LogP contribution in [0.25, 0.3) is 0 Å². The lowest BCUT2D eigenvalue weighted by atomic mass is 9.93. The molecular formula is C15H24N2O2. The summed E-state index contributed by atoms with van der Waals surface area (Å²) in [5, 5.41) is 9.99. The third-order valence-corrected chi connectivity index (χ3v) is 3.57. The van der Waals surface area contributed by atoms with Gasteiger partial charge in [-0.15, -0.1) is 0 Å². The molecule has 0 atom stereocenters. The fraction of sp³-hybridized carbons (Fsp3) is 0.600. The lowest BCUT2D eigenvalue weighted by molar-refractivity contribution is 0.0351. The Labute approximate surface area is 115 Å². The minimum absolute atomic E-state index is 0.111. The molecule has 0 amide bonds. The fourth-order valence-corrected chi connectivity index (χ4v) is 2.32. The van der Waals surface area contributed by atoms with Crippen molar-refractivity contribution in [3.63, 3.8) is 0 Å². The molecule has 0 radical (unpaired) electrons. The van der Waals surface area contributed by atoms with Gasteiger partial charge in [0.05, 0.1) is 17.4 Å². The number of aliphatic hydroxyl groups is 1. The molecule has 0 aliphatic carbocycles. The predicted octanol–water partition coefficient (Wildman–Crippen LogP) is 2.41. The third-order valence-electron chi connectivity index (χ3n) is 3.57. The first-order valence-electron chi connectivity index (χ1n) is 6.91. The van der Waals surface area contributed by atoms with E-state index in [1.807, 2.05) is 39.0 Å². The predicted molar refractivity (Wildman–Crippen MR) is 78.7 cm³/mol. The number of rotatable bonds is 3. The minimum Gasteiger partial charge on any atom is -0.489 e. The van der Waals surface area contributed by atoms with Gasteiger partial charge in [-0.2, -0.15) is 0 Å². The van der Waals surface area contributed by atoms with E-state index in [4.69, 9.17) is 10.5 Å². The van der Waals surface area contributed by atoms with Gasteiger partial charge in [-0.25, -0.2) is 0 Å². The van der Waals surface area contributed by atoms with Crippen LogP contribution in [-0.2, 0) is 0 Å². The summed E-state index contributed by atoms with van der Waals surface area (Å²) in [5.41, 5.74) is 7.18. The highest BCUT2D eigenvalue weighted by Crippen LogP contribution is 2.31. The molecule has 3 N–H and O–H groups in total. The molecule has 4 heteroatoms. The summed E-state index contributed by atoms with van der Waals surface area (Å²) in [7, 11) is 0. The summed E-state index contributed by atoms with van der Waals surface area (Å²) in [6.45, 7) is 7.60. The quantitative estimate of drug-likeness (QED) is 0.823. The van der Waals surface area contributed by atoms with Gasteiger partial charge in [-0.1, -0.05) is 0 Å². The average molecular weight is 264 g/mol. The Hall–Kier alpha value is -1.42. The van der Waals surface area contributed by atoms with Gasteiger partial charge in [0, 0.05) is 24.8 Å². The van der Waals surface area contributed by atoms with E-state index >= 15 is 0 Å². The number of benzene rings is 1. The standard InChI is InChI=1S/C15H24N2O2/c1-11(2)19-14-10-12(4-5-13(14)16)17-8-6-15(3,18)7-9-17/h4-5,10-11,18H,6-9,16H2,1-3H3. The summed E-state index contributed by atoms with van der Waals surface area (Å²) in [6, 6.07) is 5.90. The lowest BCUT2D eigenvalue weighted by Crippen LogP contribution is -2.42. The Morgan fingerprint density at radius 2 is 1.95 bits per heavy atom. The van der Waals surface area contributed by atoms with Crippen LogP contribution in [0.5, 0.6) is 5.75 Å². The molecule has 2 rings (SSSR count). The van der Waals surface area contributed by atoms with Gasteiger partial charge < -0.3 is 20.5 Å². The fourth-order valence-electron chi connectivity index (χ4n) is 2.32. The molecule has 0 spiro atoms. The van der Waals surface area contributed by atoms with Gasteiger partial charge in [0.2, 0.25) is 0 Å². The van der Waals surface area contributed by atoms with E-state index in [2.05, 4.69) is 4.90 Å². The van der Waals surface area contributed by atoms with Crippen LogP contribution >= 0.6 is 0 Å². The van der Waals surface area contributed by atoms with E-state index in [9.17, 15) is 5.11 Å². The van der Waals surface area contributed by atoms with E-state index < -0.39 is 5.60 Å². The average Bonchev–Trinajstić information content (AvgIpc) is 2.32. The smallest absolute Gasteiger partial charge is 0.144 e. The lowest BCUT2D eigenvalue weighted by Gasteiger charge is -2.37. The highest BCUT2D eigenvalue weighted by Gasteiger charge is 2.27. The van der Waals surface area contributed by atoms with Crippen molar-refractivity contribution >= 4 is 11.4 Å². The molecule has 0 saturated carbocycles. The molecular weight excluding hydrogens is 240 g/mol. The molecule has 1 fully saturated rings. The maximum Gasteiger partial charge on any atom is 0.144 e. The summed E-state index contributed by atoms with van der Waals surface area (Å²) in [5.74, 6) is 0.741. The molecule has 1 aromatic rings. The second-order valence-corrected chi connectivity index (χ2v) is 5.87. The first-order chi connectivity index (χ1) is 8.87. The zero-order chi connectivity index (χ0) is 14.0. The minimum atomic E-state index is -0.526. The first kappa shape index (κ1) is 14.0. The summed E-state index contributed by atoms with van der Waals surface area (Å²) in [4.78, 5) is 2.27. The maximum atomic E-state index is 9.99. The number of hydrogen-bond acceptors (Lipinski definition) is 4. The van der Waals surface area contributed by atoms with E-state index in [-0.39, 0.29) is 6.10 Å². The maximum absolute atomic E-state index is 9.99. The monoisotopic (exact) mass is 264 g/mol. The van der Waals surface area contributed by atoms with Gasteiger partial charge in [0.1, 0.15) is 5.75 Å². The van der Waals surface area contributed by atoms with Crippen LogP contribution in [0.2, 0.25) is 0 Å². The van der Waals surface area contributed by atoms with Crippen molar-refractivity contribution in [1.29, 1.82) is 0 Å². The van der Waals surface area contributed by atoms with Crippen molar-refractivity contribution in [2.45, 2.75) is 45.3 Å². The van der Waals surface area contributed by atoms with Crippen molar-refractivity contribution in [2.75, 3.05) is 23.7 Å². The molecule has 0 unspecified atom stereocenters. The normalized spacial score (nSPS) is 18.7.